The van der Waals surface area contributed by atoms with Crippen molar-refractivity contribution in [2.45, 2.75) is 13.5 Å². The van der Waals surface area contributed by atoms with E-state index in [4.69, 9.17) is 5.11 Å². The molecule has 0 atom stereocenters. The first-order chi connectivity index (χ1) is 8.04. The summed E-state index contributed by atoms with van der Waals surface area (Å²) in [5.41, 5.74) is 0.294. The molecule has 0 spiro atoms. The molecule has 1 aromatic rings. The summed E-state index contributed by atoms with van der Waals surface area (Å²) < 4.78 is 30.5. The topological polar surface area (TPSA) is 58.6 Å². The Labute approximate surface area is 97.2 Å². The van der Waals surface area contributed by atoms with Crippen LogP contribution in [0.4, 0.5) is 8.78 Å². The van der Waals surface area contributed by atoms with Gasteiger partial charge in [0.25, 0.3) is 0 Å². The van der Waals surface area contributed by atoms with Gasteiger partial charge in [0.15, 0.2) is 17.4 Å². The highest BCUT2D eigenvalue weighted by atomic mass is 19.1. The minimum absolute atomic E-state index is 0.0437. The number of ether oxygens (including phenoxy) is 1. The van der Waals surface area contributed by atoms with Crippen molar-refractivity contribution in [1.29, 1.82) is 0 Å². The summed E-state index contributed by atoms with van der Waals surface area (Å²) in [6, 6.07) is 1.99. The highest BCUT2D eigenvalue weighted by Gasteiger charge is 2.09. The van der Waals surface area contributed by atoms with E-state index in [9.17, 15) is 13.6 Å². The fourth-order valence-corrected chi connectivity index (χ4v) is 1.24. The number of carbonyl (C=O) groups excluding carboxylic acids is 1. The van der Waals surface area contributed by atoms with Gasteiger partial charge in [-0.05, 0) is 24.6 Å². The van der Waals surface area contributed by atoms with E-state index >= 15 is 0 Å². The number of halogens is 2. The summed E-state index contributed by atoms with van der Waals surface area (Å²) in [4.78, 5) is 10.9. The summed E-state index contributed by atoms with van der Waals surface area (Å²) >= 11 is 0. The third kappa shape index (κ3) is 3.99. The number of phenolic OH excluding ortho intramolecular Hbond substituents is 1. The van der Waals surface area contributed by atoms with E-state index in [0.29, 0.717) is 5.56 Å². The van der Waals surface area contributed by atoms with E-state index in [1.54, 1.807) is 6.92 Å². The van der Waals surface area contributed by atoms with Crippen LogP contribution in [-0.4, -0.2) is 24.2 Å². The second kappa shape index (κ2) is 6.15. The number of hydrogen-bond acceptors (Lipinski definition) is 4. The van der Waals surface area contributed by atoms with E-state index in [1.165, 1.54) is 0 Å². The fourth-order valence-electron chi connectivity index (χ4n) is 1.24. The van der Waals surface area contributed by atoms with Crippen LogP contribution in [0.15, 0.2) is 12.1 Å². The van der Waals surface area contributed by atoms with Gasteiger partial charge in [-0.25, -0.2) is 8.78 Å². The first-order valence-electron chi connectivity index (χ1n) is 5.07. The molecule has 0 aliphatic rings. The number of phenols is 1. The summed E-state index contributed by atoms with van der Waals surface area (Å²) in [6.07, 6.45) is 0. The molecule has 0 bridgehead atoms. The molecule has 4 nitrogen and oxygen atoms in total. The van der Waals surface area contributed by atoms with Crippen molar-refractivity contribution < 1.29 is 23.4 Å². The van der Waals surface area contributed by atoms with Crippen LogP contribution >= 0.6 is 0 Å². The Morgan fingerprint density at radius 2 is 2.00 bits per heavy atom. The smallest absolute Gasteiger partial charge is 0.319 e. The van der Waals surface area contributed by atoms with Crippen LogP contribution in [0.25, 0.3) is 0 Å². The normalized spacial score (nSPS) is 10.3. The minimum Gasteiger partial charge on any atom is -0.503 e. The monoisotopic (exact) mass is 245 g/mol. The maximum atomic E-state index is 12.9. The molecule has 0 amide bonds. The summed E-state index contributed by atoms with van der Waals surface area (Å²) in [7, 11) is 0. The van der Waals surface area contributed by atoms with Gasteiger partial charge in [-0.3, -0.25) is 4.79 Å². The molecule has 1 rings (SSSR count). The third-order valence-electron chi connectivity index (χ3n) is 1.98. The minimum atomic E-state index is -1.03. The van der Waals surface area contributed by atoms with Crippen LogP contribution in [0.1, 0.15) is 12.5 Å². The average molecular weight is 245 g/mol. The third-order valence-corrected chi connectivity index (χ3v) is 1.98. The van der Waals surface area contributed by atoms with Crippen molar-refractivity contribution in [3.63, 3.8) is 0 Å². The predicted octanol–water partition coefficient (Wildman–Crippen LogP) is 1.32. The molecule has 0 heterocycles. The Hall–Kier alpha value is -1.69. The molecule has 1 aromatic carbocycles. The summed E-state index contributed by atoms with van der Waals surface area (Å²) in [5.74, 6) is -3.50. The van der Waals surface area contributed by atoms with Gasteiger partial charge in [-0.15, -0.1) is 0 Å². The molecule has 0 unspecified atom stereocenters. The molecule has 0 radical (unpaired) electrons. The molecule has 17 heavy (non-hydrogen) atoms. The maximum Gasteiger partial charge on any atom is 0.319 e. The summed E-state index contributed by atoms with van der Waals surface area (Å²) in [5, 5.41) is 11.5. The van der Waals surface area contributed by atoms with Gasteiger partial charge < -0.3 is 15.2 Å². The van der Waals surface area contributed by atoms with Crippen LogP contribution in [0, 0.1) is 11.6 Å². The molecule has 0 saturated carbocycles. The van der Waals surface area contributed by atoms with Crippen molar-refractivity contribution in [1.82, 2.24) is 5.32 Å². The van der Waals surface area contributed by atoms with Gasteiger partial charge in [0.1, 0.15) is 0 Å². The first kappa shape index (κ1) is 13.4. The number of rotatable bonds is 5. The Morgan fingerprint density at radius 1 is 1.41 bits per heavy atom. The second-order valence-corrected chi connectivity index (χ2v) is 3.32. The van der Waals surface area contributed by atoms with Gasteiger partial charge in [0.2, 0.25) is 0 Å². The van der Waals surface area contributed by atoms with Crippen LogP contribution < -0.4 is 5.32 Å². The van der Waals surface area contributed by atoms with Crippen LogP contribution in [0.5, 0.6) is 5.75 Å². The standard InChI is InChI=1S/C11H13F2NO3/c1-2-17-10(15)6-14-5-7-3-8(12)11(16)9(13)4-7/h3-4,14,16H,2,5-6H2,1H3. The van der Waals surface area contributed by atoms with Gasteiger partial charge >= 0.3 is 5.97 Å². The van der Waals surface area contributed by atoms with E-state index in [1.807, 2.05) is 0 Å². The molecule has 0 fully saturated rings. The molecule has 2 N–H and O–H groups in total. The fraction of sp³-hybridized carbons (Fsp3) is 0.364. The average Bonchev–Trinajstić information content (AvgIpc) is 2.26. The lowest BCUT2D eigenvalue weighted by atomic mass is 10.2. The highest BCUT2D eigenvalue weighted by Crippen LogP contribution is 2.21. The number of benzene rings is 1. The molecule has 6 heteroatoms. The molecule has 94 valence electrons. The molecule has 0 aromatic heterocycles. The molecule has 0 saturated heterocycles. The Balaban J connectivity index is 2.50. The molecular weight excluding hydrogens is 232 g/mol. The van der Waals surface area contributed by atoms with E-state index in [0.717, 1.165) is 12.1 Å². The zero-order chi connectivity index (χ0) is 12.8. The lowest BCUT2D eigenvalue weighted by Crippen LogP contribution is -2.24. The van der Waals surface area contributed by atoms with Gasteiger partial charge in [0, 0.05) is 6.54 Å². The van der Waals surface area contributed by atoms with Crippen molar-refractivity contribution in [2.75, 3.05) is 13.2 Å². The Morgan fingerprint density at radius 3 is 2.53 bits per heavy atom. The van der Waals surface area contributed by atoms with Gasteiger partial charge in [-0.2, -0.15) is 0 Å². The van der Waals surface area contributed by atoms with E-state index in [-0.39, 0.29) is 19.7 Å². The van der Waals surface area contributed by atoms with Crippen molar-refractivity contribution in [3.05, 3.63) is 29.3 Å². The maximum absolute atomic E-state index is 12.9. The zero-order valence-electron chi connectivity index (χ0n) is 9.30. The van der Waals surface area contributed by atoms with Crippen LogP contribution in [0.2, 0.25) is 0 Å². The highest BCUT2D eigenvalue weighted by molar-refractivity contribution is 5.71. The number of carbonyl (C=O) groups is 1. The SMILES string of the molecule is CCOC(=O)CNCc1cc(F)c(O)c(F)c1. The van der Waals surface area contributed by atoms with Crippen molar-refractivity contribution in [2.24, 2.45) is 0 Å². The quantitative estimate of drug-likeness (QED) is 0.768. The Kier molecular flexibility index (Phi) is 4.84. The largest absolute Gasteiger partial charge is 0.503 e. The zero-order valence-corrected chi connectivity index (χ0v) is 9.30. The number of esters is 1. The Bertz CT molecular complexity index is 387. The second-order valence-electron chi connectivity index (χ2n) is 3.32. The van der Waals surface area contributed by atoms with Gasteiger partial charge in [-0.1, -0.05) is 0 Å². The van der Waals surface area contributed by atoms with Crippen LogP contribution in [-0.2, 0) is 16.1 Å². The number of nitrogens with one attached hydrogen (secondary N) is 1. The molecule has 0 aliphatic carbocycles. The van der Waals surface area contributed by atoms with Crippen molar-refractivity contribution >= 4 is 5.97 Å². The lowest BCUT2D eigenvalue weighted by Gasteiger charge is -2.06. The van der Waals surface area contributed by atoms with E-state index in [2.05, 4.69) is 10.1 Å². The lowest BCUT2D eigenvalue weighted by molar-refractivity contribution is -0.142. The number of hydrogen-bond donors (Lipinski definition) is 2. The van der Waals surface area contributed by atoms with Gasteiger partial charge in [0.05, 0.1) is 13.2 Å². The first-order valence-corrected chi connectivity index (χ1v) is 5.07. The molecule has 0 aliphatic heterocycles. The van der Waals surface area contributed by atoms with E-state index < -0.39 is 23.4 Å². The molecular formula is C11H13F2NO3. The van der Waals surface area contributed by atoms with Crippen molar-refractivity contribution in [3.8, 4) is 5.75 Å². The number of aromatic hydroxyl groups is 1. The van der Waals surface area contributed by atoms with Crippen LogP contribution in [0.3, 0.4) is 0 Å². The summed E-state index contributed by atoms with van der Waals surface area (Å²) in [6.45, 7) is 2.02. The predicted molar refractivity (Wildman–Crippen MR) is 56.4 cm³/mol.